The van der Waals surface area contributed by atoms with Crippen molar-refractivity contribution < 1.29 is 4.42 Å². The predicted octanol–water partition coefficient (Wildman–Crippen LogP) is 3.57. The molecule has 0 fully saturated rings. The van der Waals surface area contributed by atoms with Crippen LogP contribution >= 0.6 is 15.9 Å². The SMILES string of the molecule is Cc1oc2ccccc2c1CCNCc1cnn(C)c1Br. The van der Waals surface area contributed by atoms with E-state index in [1.54, 1.807) is 0 Å². The van der Waals surface area contributed by atoms with Crippen LogP contribution in [0.15, 0.2) is 39.5 Å². The van der Waals surface area contributed by atoms with Crippen LogP contribution < -0.4 is 5.32 Å². The molecule has 21 heavy (non-hydrogen) atoms. The molecular formula is C16H18BrN3O. The summed E-state index contributed by atoms with van der Waals surface area (Å²) in [5.74, 6) is 1.01. The number of aryl methyl sites for hydroxylation is 2. The van der Waals surface area contributed by atoms with E-state index in [9.17, 15) is 0 Å². The Morgan fingerprint density at radius 2 is 2.14 bits per heavy atom. The minimum Gasteiger partial charge on any atom is -0.461 e. The molecular weight excluding hydrogens is 330 g/mol. The molecule has 0 bridgehead atoms. The number of nitrogens with one attached hydrogen (secondary N) is 1. The third-order valence-corrected chi connectivity index (χ3v) is 4.73. The first-order valence-corrected chi connectivity index (χ1v) is 7.80. The highest BCUT2D eigenvalue weighted by Gasteiger charge is 2.10. The molecule has 0 amide bonds. The summed E-state index contributed by atoms with van der Waals surface area (Å²) in [6.07, 6.45) is 2.84. The van der Waals surface area contributed by atoms with E-state index >= 15 is 0 Å². The first kappa shape index (κ1) is 14.4. The van der Waals surface area contributed by atoms with Crippen molar-refractivity contribution in [3.63, 3.8) is 0 Å². The molecule has 0 saturated carbocycles. The second-order valence-electron chi connectivity index (χ2n) is 5.14. The van der Waals surface area contributed by atoms with Crippen LogP contribution in [0, 0.1) is 6.92 Å². The predicted molar refractivity (Wildman–Crippen MR) is 87.3 cm³/mol. The Labute approximate surface area is 132 Å². The van der Waals surface area contributed by atoms with E-state index in [4.69, 9.17) is 4.42 Å². The van der Waals surface area contributed by atoms with Gasteiger partial charge in [-0.3, -0.25) is 4.68 Å². The monoisotopic (exact) mass is 347 g/mol. The number of nitrogens with zero attached hydrogens (tertiary/aromatic N) is 2. The molecule has 5 heteroatoms. The molecule has 0 aliphatic carbocycles. The van der Waals surface area contributed by atoms with Gasteiger partial charge in [0.1, 0.15) is 15.9 Å². The van der Waals surface area contributed by atoms with Crippen LogP contribution in [-0.4, -0.2) is 16.3 Å². The summed E-state index contributed by atoms with van der Waals surface area (Å²) < 4.78 is 8.64. The Kier molecular flexibility index (Phi) is 4.12. The van der Waals surface area contributed by atoms with E-state index in [2.05, 4.69) is 38.5 Å². The molecule has 0 unspecified atom stereocenters. The maximum Gasteiger partial charge on any atom is 0.134 e. The van der Waals surface area contributed by atoms with Crippen LogP contribution in [0.3, 0.4) is 0 Å². The average Bonchev–Trinajstić information content (AvgIpc) is 2.97. The van der Waals surface area contributed by atoms with Crippen molar-refractivity contribution >= 4 is 26.9 Å². The van der Waals surface area contributed by atoms with Gasteiger partial charge in [0, 0.05) is 30.1 Å². The number of aromatic nitrogens is 2. The van der Waals surface area contributed by atoms with Gasteiger partial charge in [-0.15, -0.1) is 0 Å². The lowest BCUT2D eigenvalue weighted by atomic mass is 10.1. The van der Waals surface area contributed by atoms with Crippen LogP contribution in [0.1, 0.15) is 16.9 Å². The van der Waals surface area contributed by atoms with Crippen LogP contribution in [0.5, 0.6) is 0 Å². The molecule has 2 aromatic heterocycles. The van der Waals surface area contributed by atoms with Gasteiger partial charge in [0.2, 0.25) is 0 Å². The van der Waals surface area contributed by atoms with E-state index in [0.717, 1.165) is 35.5 Å². The number of benzene rings is 1. The van der Waals surface area contributed by atoms with Crippen molar-refractivity contribution in [1.82, 2.24) is 15.1 Å². The first-order chi connectivity index (χ1) is 10.2. The fraction of sp³-hybridized carbons (Fsp3) is 0.312. The van der Waals surface area contributed by atoms with Gasteiger partial charge in [0.15, 0.2) is 0 Å². The van der Waals surface area contributed by atoms with E-state index in [0.29, 0.717) is 0 Å². The van der Waals surface area contributed by atoms with Crippen molar-refractivity contribution in [2.75, 3.05) is 6.54 Å². The molecule has 0 aliphatic heterocycles. The summed E-state index contributed by atoms with van der Waals surface area (Å²) in [6.45, 7) is 3.75. The third-order valence-electron chi connectivity index (χ3n) is 3.70. The van der Waals surface area contributed by atoms with Gasteiger partial charge < -0.3 is 9.73 Å². The number of fused-ring (bicyclic) bond motifs is 1. The zero-order chi connectivity index (χ0) is 14.8. The van der Waals surface area contributed by atoms with Crippen molar-refractivity contribution in [1.29, 1.82) is 0 Å². The van der Waals surface area contributed by atoms with Gasteiger partial charge in [-0.05, 0) is 41.9 Å². The number of furan rings is 1. The smallest absolute Gasteiger partial charge is 0.134 e. The summed E-state index contributed by atoms with van der Waals surface area (Å²) >= 11 is 3.53. The Bertz CT molecular complexity index is 760. The molecule has 1 N–H and O–H groups in total. The summed E-state index contributed by atoms with van der Waals surface area (Å²) in [6, 6.07) is 8.21. The maximum atomic E-state index is 5.79. The highest BCUT2D eigenvalue weighted by Crippen LogP contribution is 2.25. The lowest BCUT2D eigenvalue weighted by Crippen LogP contribution is -2.16. The summed E-state index contributed by atoms with van der Waals surface area (Å²) in [4.78, 5) is 0. The fourth-order valence-electron chi connectivity index (χ4n) is 2.55. The molecule has 0 aliphatic rings. The van der Waals surface area contributed by atoms with E-state index in [1.807, 2.05) is 37.0 Å². The Morgan fingerprint density at radius 3 is 2.90 bits per heavy atom. The molecule has 0 spiro atoms. The number of hydrogen-bond donors (Lipinski definition) is 1. The first-order valence-electron chi connectivity index (χ1n) is 7.01. The van der Waals surface area contributed by atoms with Gasteiger partial charge in [-0.1, -0.05) is 18.2 Å². The Balaban J connectivity index is 1.62. The number of halogens is 1. The van der Waals surface area contributed by atoms with Gasteiger partial charge in [-0.25, -0.2) is 0 Å². The van der Waals surface area contributed by atoms with Crippen LogP contribution in [-0.2, 0) is 20.0 Å². The third kappa shape index (κ3) is 2.89. The number of rotatable bonds is 5. The van der Waals surface area contributed by atoms with Crippen LogP contribution in [0.2, 0.25) is 0 Å². The summed E-state index contributed by atoms with van der Waals surface area (Å²) in [5.41, 5.74) is 3.44. The highest BCUT2D eigenvalue weighted by atomic mass is 79.9. The van der Waals surface area contributed by atoms with Gasteiger partial charge in [0.25, 0.3) is 0 Å². The van der Waals surface area contributed by atoms with Crippen molar-refractivity contribution in [3.8, 4) is 0 Å². The van der Waals surface area contributed by atoms with E-state index < -0.39 is 0 Å². The van der Waals surface area contributed by atoms with Gasteiger partial charge in [0.05, 0.1) is 6.20 Å². The number of hydrogen-bond acceptors (Lipinski definition) is 3. The lowest BCUT2D eigenvalue weighted by molar-refractivity contribution is 0.568. The molecule has 3 aromatic rings. The minimum absolute atomic E-state index is 0.809. The normalized spacial score (nSPS) is 11.4. The fourth-order valence-corrected chi connectivity index (χ4v) is 2.89. The summed E-state index contributed by atoms with van der Waals surface area (Å²) in [7, 11) is 1.93. The average molecular weight is 348 g/mol. The highest BCUT2D eigenvalue weighted by molar-refractivity contribution is 9.10. The molecule has 0 radical (unpaired) electrons. The van der Waals surface area contributed by atoms with E-state index in [1.165, 1.54) is 16.5 Å². The number of para-hydroxylation sites is 1. The largest absolute Gasteiger partial charge is 0.461 e. The molecule has 4 nitrogen and oxygen atoms in total. The standard InChI is InChI=1S/C16H18BrN3O/c1-11-13(14-5-3-4-6-15(14)21-11)7-8-18-9-12-10-19-20(2)16(12)17/h3-6,10,18H,7-9H2,1-2H3. The van der Waals surface area contributed by atoms with E-state index in [-0.39, 0.29) is 0 Å². The van der Waals surface area contributed by atoms with Gasteiger partial charge >= 0.3 is 0 Å². The van der Waals surface area contributed by atoms with Crippen LogP contribution in [0.4, 0.5) is 0 Å². The minimum atomic E-state index is 0.809. The topological polar surface area (TPSA) is 43.0 Å². The second-order valence-corrected chi connectivity index (χ2v) is 5.90. The summed E-state index contributed by atoms with van der Waals surface area (Å²) in [5, 5.41) is 8.90. The van der Waals surface area contributed by atoms with Crippen molar-refractivity contribution in [3.05, 3.63) is 52.0 Å². The molecule has 0 saturated heterocycles. The second kappa shape index (κ2) is 6.03. The molecule has 0 atom stereocenters. The molecule has 1 aromatic carbocycles. The van der Waals surface area contributed by atoms with Crippen molar-refractivity contribution in [2.45, 2.75) is 19.9 Å². The molecule has 2 heterocycles. The molecule has 110 valence electrons. The zero-order valence-corrected chi connectivity index (χ0v) is 13.8. The quantitative estimate of drug-likeness (QED) is 0.717. The zero-order valence-electron chi connectivity index (χ0n) is 12.2. The Morgan fingerprint density at radius 1 is 1.33 bits per heavy atom. The maximum absolute atomic E-state index is 5.79. The van der Waals surface area contributed by atoms with Crippen molar-refractivity contribution in [2.24, 2.45) is 7.05 Å². The van der Waals surface area contributed by atoms with Gasteiger partial charge in [-0.2, -0.15) is 5.10 Å². The lowest BCUT2D eigenvalue weighted by Gasteiger charge is -2.04. The van der Waals surface area contributed by atoms with Crippen LogP contribution in [0.25, 0.3) is 11.0 Å². The Hall–Kier alpha value is -1.59. The molecule has 3 rings (SSSR count).